The van der Waals surface area contributed by atoms with Crippen molar-refractivity contribution in [3.8, 4) is 0 Å². The normalized spacial score (nSPS) is 11.5. The minimum atomic E-state index is -0.851. The van der Waals surface area contributed by atoms with E-state index >= 15 is 0 Å². The van der Waals surface area contributed by atoms with E-state index in [9.17, 15) is 9.90 Å². The second-order valence-electron chi connectivity index (χ2n) is 8.58. The number of rotatable bonds is 8. The second-order valence-corrected chi connectivity index (χ2v) is 8.58. The smallest absolute Gasteiger partial charge is 0.307 e. The molecule has 0 amide bonds. The standard InChI is InChI=1S/C25H22N8O2/c34-25(35)7-19-11-31(24-4-2-18(6-22(19)24)10-33-16-27-14-30-33)12-20-8-28-23-3-1-17(5-21(20)23)9-32-15-26-13-29-32/h1-6,8,11,13-16,28H,7,9-10,12H2,(H,34,35). The van der Waals surface area contributed by atoms with Crippen LogP contribution in [0.4, 0.5) is 0 Å². The van der Waals surface area contributed by atoms with Gasteiger partial charge in [-0.1, -0.05) is 12.1 Å². The van der Waals surface area contributed by atoms with E-state index < -0.39 is 5.97 Å². The summed E-state index contributed by atoms with van der Waals surface area (Å²) in [6.07, 6.45) is 10.3. The van der Waals surface area contributed by atoms with Crippen LogP contribution >= 0.6 is 0 Å². The molecular formula is C25H22N8O2. The fraction of sp³-hybridized carbons (Fsp3) is 0.160. The number of carboxylic acids is 1. The molecule has 0 fully saturated rings. The average Bonchev–Trinajstić information content (AvgIpc) is 3.64. The molecule has 4 aromatic heterocycles. The Balaban J connectivity index is 1.36. The van der Waals surface area contributed by atoms with Crippen molar-refractivity contribution >= 4 is 27.8 Å². The zero-order valence-electron chi connectivity index (χ0n) is 18.7. The molecule has 0 aliphatic heterocycles. The third-order valence-electron chi connectivity index (χ3n) is 6.16. The van der Waals surface area contributed by atoms with Crippen molar-refractivity contribution in [2.24, 2.45) is 0 Å². The molecule has 0 spiro atoms. The van der Waals surface area contributed by atoms with Gasteiger partial charge in [0.1, 0.15) is 25.3 Å². The highest BCUT2D eigenvalue weighted by Crippen LogP contribution is 2.27. The number of carbonyl (C=O) groups is 1. The van der Waals surface area contributed by atoms with Crippen molar-refractivity contribution in [2.75, 3.05) is 0 Å². The summed E-state index contributed by atoms with van der Waals surface area (Å²) in [5.41, 5.74) is 6.14. The fourth-order valence-electron chi connectivity index (χ4n) is 4.59. The van der Waals surface area contributed by atoms with E-state index in [4.69, 9.17) is 0 Å². The summed E-state index contributed by atoms with van der Waals surface area (Å²) >= 11 is 0. The molecule has 0 bridgehead atoms. The molecular weight excluding hydrogens is 444 g/mol. The highest BCUT2D eigenvalue weighted by Gasteiger charge is 2.14. The van der Waals surface area contributed by atoms with Crippen LogP contribution in [0.5, 0.6) is 0 Å². The van der Waals surface area contributed by atoms with Crippen molar-refractivity contribution in [2.45, 2.75) is 26.1 Å². The molecule has 0 aliphatic rings. The third kappa shape index (κ3) is 4.17. The van der Waals surface area contributed by atoms with E-state index in [-0.39, 0.29) is 6.42 Å². The first-order valence-corrected chi connectivity index (χ1v) is 11.2. The molecule has 10 heteroatoms. The van der Waals surface area contributed by atoms with E-state index in [0.29, 0.717) is 19.6 Å². The molecule has 10 nitrogen and oxygen atoms in total. The number of aromatic amines is 1. The van der Waals surface area contributed by atoms with E-state index in [2.05, 4.69) is 66.1 Å². The monoisotopic (exact) mass is 466 g/mol. The first-order valence-electron chi connectivity index (χ1n) is 11.2. The van der Waals surface area contributed by atoms with E-state index in [1.165, 1.54) is 12.7 Å². The van der Waals surface area contributed by atoms with Crippen LogP contribution in [0.2, 0.25) is 0 Å². The van der Waals surface area contributed by atoms with Crippen molar-refractivity contribution in [3.05, 3.63) is 96.4 Å². The number of nitrogens with zero attached hydrogens (tertiary/aromatic N) is 7. The predicted octanol–water partition coefficient (Wildman–Crippen LogP) is 3.08. The Morgan fingerprint density at radius 3 is 2.20 bits per heavy atom. The SMILES string of the molecule is O=C(O)Cc1cn(Cc2c[nH]c3ccc(Cn4cncn4)cc23)c2ccc(Cn3cncn3)cc12. The topological polar surface area (TPSA) is 119 Å². The fourth-order valence-corrected chi connectivity index (χ4v) is 4.59. The summed E-state index contributed by atoms with van der Waals surface area (Å²) in [5.74, 6) is -0.851. The first-order chi connectivity index (χ1) is 17.1. The molecule has 2 aromatic carbocycles. The Labute approximate surface area is 199 Å². The van der Waals surface area contributed by atoms with Gasteiger partial charge in [0.15, 0.2) is 0 Å². The summed E-state index contributed by atoms with van der Waals surface area (Å²) in [7, 11) is 0. The van der Waals surface area contributed by atoms with Gasteiger partial charge in [0.2, 0.25) is 0 Å². The lowest BCUT2D eigenvalue weighted by molar-refractivity contribution is -0.136. The van der Waals surface area contributed by atoms with E-state index in [0.717, 1.165) is 44.1 Å². The van der Waals surface area contributed by atoms with Gasteiger partial charge in [-0.05, 0) is 46.5 Å². The van der Waals surface area contributed by atoms with Gasteiger partial charge in [-0.15, -0.1) is 0 Å². The van der Waals surface area contributed by atoms with Crippen LogP contribution in [0.25, 0.3) is 21.8 Å². The molecule has 0 saturated heterocycles. The summed E-state index contributed by atoms with van der Waals surface area (Å²) in [6, 6.07) is 12.5. The Bertz CT molecular complexity index is 1630. The summed E-state index contributed by atoms with van der Waals surface area (Å²) < 4.78 is 5.67. The third-order valence-corrected chi connectivity index (χ3v) is 6.16. The largest absolute Gasteiger partial charge is 0.481 e. The van der Waals surface area contributed by atoms with Crippen LogP contribution in [0.15, 0.2) is 74.1 Å². The number of H-pyrrole nitrogens is 1. The predicted molar refractivity (Wildman–Crippen MR) is 129 cm³/mol. The number of fused-ring (bicyclic) bond motifs is 2. The molecule has 0 saturated carbocycles. The maximum atomic E-state index is 11.6. The molecule has 0 aliphatic carbocycles. The highest BCUT2D eigenvalue weighted by molar-refractivity contribution is 5.89. The molecule has 2 N–H and O–H groups in total. The lowest BCUT2D eigenvalue weighted by Gasteiger charge is -2.07. The van der Waals surface area contributed by atoms with Crippen LogP contribution in [-0.2, 0) is 30.8 Å². The molecule has 0 radical (unpaired) electrons. The summed E-state index contributed by atoms with van der Waals surface area (Å²) in [5, 5.41) is 19.9. The number of benzene rings is 2. The van der Waals surface area contributed by atoms with E-state index in [1.54, 1.807) is 22.0 Å². The Kier molecular flexibility index (Phi) is 5.10. The van der Waals surface area contributed by atoms with Gasteiger partial charge >= 0.3 is 5.97 Å². The molecule has 0 unspecified atom stereocenters. The lowest BCUT2D eigenvalue weighted by Crippen LogP contribution is -2.01. The Morgan fingerprint density at radius 1 is 0.857 bits per heavy atom. The molecule has 6 rings (SSSR count). The van der Waals surface area contributed by atoms with Crippen LogP contribution in [-0.4, -0.2) is 50.2 Å². The summed E-state index contributed by atoms with van der Waals surface area (Å²) in [4.78, 5) is 22.9. The minimum absolute atomic E-state index is 0.0355. The number of aliphatic carboxylic acids is 1. The van der Waals surface area contributed by atoms with Gasteiger partial charge in [-0.3, -0.25) is 4.79 Å². The number of hydrogen-bond donors (Lipinski definition) is 2. The molecule has 6 aromatic rings. The van der Waals surface area contributed by atoms with Crippen molar-refractivity contribution in [3.63, 3.8) is 0 Å². The van der Waals surface area contributed by atoms with Gasteiger partial charge in [0.25, 0.3) is 0 Å². The van der Waals surface area contributed by atoms with Crippen LogP contribution in [0, 0.1) is 0 Å². The van der Waals surface area contributed by atoms with Crippen molar-refractivity contribution in [1.82, 2.24) is 39.1 Å². The Hall–Kier alpha value is -4.73. The Morgan fingerprint density at radius 2 is 1.54 bits per heavy atom. The van der Waals surface area contributed by atoms with Crippen molar-refractivity contribution in [1.29, 1.82) is 0 Å². The lowest BCUT2D eigenvalue weighted by atomic mass is 10.1. The maximum absolute atomic E-state index is 11.6. The molecule has 174 valence electrons. The van der Waals surface area contributed by atoms with Gasteiger partial charge in [-0.2, -0.15) is 10.2 Å². The van der Waals surface area contributed by atoms with Crippen LogP contribution < -0.4 is 0 Å². The number of hydrogen-bond acceptors (Lipinski definition) is 5. The van der Waals surface area contributed by atoms with Crippen LogP contribution in [0.1, 0.15) is 22.3 Å². The number of nitrogens with one attached hydrogen (secondary N) is 1. The zero-order valence-corrected chi connectivity index (χ0v) is 18.7. The molecule has 0 atom stereocenters. The number of carboxylic acid groups (broad SMARTS) is 1. The quantitative estimate of drug-likeness (QED) is 0.356. The van der Waals surface area contributed by atoms with Crippen molar-refractivity contribution < 1.29 is 9.90 Å². The second kappa shape index (κ2) is 8.56. The molecule has 4 heterocycles. The maximum Gasteiger partial charge on any atom is 0.307 e. The average molecular weight is 467 g/mol. The minimum Gasteiger partial charge on any atom is -0.481 e. The van der Waals surface area contributed by atoms with Gasteiger partial charge < -0.3 is 14.7 Å². The van der Waals surface area contributed by atoms with E-state index in [1.807, 2.05) is 12.4 Å². The highest BCUT2D eigenvalue weighted by atomic mass is 16.4. The summed E-state index contributed by atoms with van der Waals surface area (Å²) in [6.45, 7) is 1.83. The van der Waals surface area contributed by atoms with Gasteiger partial charge in [-0.25, -0.2) is 19.3 Å². The van der Waals surface area contributed by atoms with Gasteiger partial charge in [0, 0.05) is 40.7 Å². The zero-order chi connectivity index (χ0) is 23.8. The number of aromatic nitrogens is 8. The van der Waals surface area contributed by atoms with Gasteiger partial charge in [0.05, 0.1) is 19.5 Å². The van der Waals surface area contributed by atoms with Crippen LogP contribution in [0.3, 0.4) is 0 Å². The first kappa shape index (κ1) is 20.8. The molecule has 35 heavy (non-hydrogen) atoms.